The molecule has 0 amide bonds. The Bertz CT molecular complexity index is 241. The highest BCUT2D eigenvalue weighted by Crippen LogP contribution is 2.31. The SMILES string of the molecule is CCC1CCC(C(=O)OCC(=O)CO)CC1. The summed E-state index contributed by atoms with van der Waals surface area (Å²) in [5.41, 5.74) is 0. The van der Waals surface area contributed by atoms with Gasteiger partial charge in [0.05, 0.1) is 5.92 Å². The summed E-state index contributed by atoms with van der Waals surface area (Å²) in [5.74, 6) is -0.0376. The van der Waals surface area contributed by atoms with Crippen molar-refractivity contribution >= 4 is 11.8 Å². The van der Waals surface area contributed by atoms with E-state index < -0.39 is 12.4 Å². The van der Waals surface area contributed by atoms with Crippen LogP contribution in [-0.4, -0.2) is 30.1 Å². The Morgan fingerprint density at radius 3 is 2.38 bits per heavy atom. The van der Waals surface area contributed by atoms with E-state index in [-0.39, 0.29) is 18.5 Å². The molecule has 1 aliphatic rings. The van der Waals surface area contributed by atoms with Crippen LogP contribution < -0.4 is 0 Å². The van der Waals surface area contributed by atoms with Crippen LogP contribution in [-0.2, 0) is 14.3 Å². The molecule has 92 valence electrons. The van der Waals surface area contributed by atoms with Crippen molar-refractivity contribution in [1.82, 2.24) is 0 Å². The number of aliphatic hydroxyl groups is 1. The number of aliphatic hydroxyl groups excluding tert-OH is 1. The van der Waals surface area contributed by atoms with Gasteiger partial charge in [-0.1, -0.05) is 13.3 Å². The van der Waals surface area contributed by atoms with E-state index in [1.807, 2.05) is 0 Å². The average Bonchev–Trinajstić information content (AvgIpc) is 2.35. The van der Waals surface area contributed by atoms with Crippen molar-refractivity contribution in [3.8, 4) is 0 Å². The summed E-state index contributed by atoms with van der Waals surface area (Å²) in [5, 5.41) is 8.48. The van der Waals surface area contributed by atoms with Crippen LogP contribution in [0.3, 0.4) is 0 Å². The van der Waals surface area contributed by atoms with E-state index in [0.717, 1.165) is 31.6 Å². The Balaban J connectivity index is 2.25. The van der Waals surface area contributed by atoms with Gasteiger partial charge in [0.25, 0.3) is 0 Å². The molecule has 0 atom stereocenters. The van der Waals surface area contributed by atoms with Crippen molar-refractivity contribution < 1.29 is 19.4 Å². The quantitative estimate of drug-likeness (QED) is 0.720. The lowest BCUT2D eigenvalue weighted by Gasteiger charge is -2.26. The second-order valence-electron chi connectivity index (χ2n) is 4.43. The fourth-order valence-corrected chi connectivity index (χ4v) is 2.12. The van der Waals surface area contributed by atoms with Gasteiger partial charge in [-0.15, -0.1) is 0 Å². The molecule has 1 rings (SSSR count). The minimum atomic E-state index is -0.560. The zero-order valence-electron chi connectivity index (χ0n) is 9.78. The fraction of sp³-hybridized carbons (Fsp3) is 0.833. The monoisotopic (exact) mass is 228 g/mol. The van der Waals surface area contributed by atoms with Crippen molar-refractivity contribution in [1.29, 1.82) is 0 Å². The van der Waals surface area contributed by atoms with Gasteiger partial charge in [-0.25, -0.2) is 0 Å². The van der Waals surface area contributed by atoms with Crippen molar-refractivity contribution in [3.05, 3.63) is 0 Å². The number of Topliss-reactive ketones (excluding diaryl/α,β-unsaturated/α-hetero) is 1. The molecule has 0 aliphatic heterocycles. The van der Waals surface area contributed by atoms with Gasteiger partial charge in [0, 0.05) is 0 Å². The predicted octanol–water partition coefficient (Wildman–Crippen LogP) is 1.31. The zero-order valence-corrected chi connectivity index (χ0v) is 9.78. The van der Waals surface area contributed by atoms with Crippen LogP contribution in [0.2, 0.25) is 0 Å². The topological polar surface area (TPSA) is 63.6 Å². The van der Waals surface area contributed by atoms with Crippen LogP contribution in [0.5, 0.6) is 0 Å². The predicted molar refractivity (Wildman–Crippen MR) is 58.8 cm³/mol. The van der Waals surface area contributed by atoms with Gasteiger partial charge in [0.1, 0.15) is 6.61 Å². The molecule has 0 heterocycles. The summed E-state index contributed by atoms with van der Waals surface area (Å²) < 4.78 is 4.85. The highest BCUT2D eigenvalue weighted by Gasteiger charge is 2.26. The van der Waals surface area contributed by atoms with Crippen molar-refractivity contribution in [2.24, 2.45) is 11.8 Å². The maximum atomic E-state index is 11.6. The largest absolute Gasteiger partial charge is 0.457 e. The number of rotatable bonds is 5. The molecule has 0 aromatic carbocycles. The molecular formula is C12H20O4. The minimum absolute atomic E-state index is 0.0470. The lowest BCUT2D eigenvalue weighted by atomic mass is 9.81. The van der Waals surface area contributed by atoms with E-state index in [1.54, 1.807) is 0 Å². The van der Waals surface area contributed by atoms with Gasteiger partial charge in [-0.2, -0.15) is 0 Å². The number of hydrogen-bond donors (Lipinski definition) is 1. The van der Waals surface area contributed by atoms with E-state index in [9.17, 15) is 9.59 Å². The summed E-state index contributed by atoms with van der Waals surface area (Å²) in [6.07, 6.45) is 5.05. The van der Waals surface area contributed by atoms with Crippen LogP contribution >= 0.6 is 0 Å². The molecule has 0 unspecified atom stereocenters. The Hall–Kier alpha value is -0.900. The van der Waals surface area contributed by atoms with Crippen LogP contribution in [0.4, 0.5) is 0 Å². The molecule has 4 nitrogen and oxygen atoms in total. The molecule has 1 saturated carbocycles. The molecule has 4 heteroatoms. The Kier molecular flexibility index (Phi) is 5.46. The van der Waals surface area contributed by atoms with Crippen LogP contribution in [0.1, 0.15) is 39.0 Å². The van der Waals surface area contributed by atoms with E-state index in [4.69, 9.17) is 9.84 Å². The first-order chi connectivity index (χ1) is 7.67. The van der Waals surface area contributed by atoms with Gasteiger partial charge >= 0.3 is 5.97 Å². The Morgan fingerprint density at radius 2 is 1.88 bits per heavy atom. The first-order valence-electron chi connectivity index (χ1n) is 5.96. The smallest absolute Gasteiger partial charge is 0.309 e. The maximum Gasteiger partial charge on any atom is 0.309 e. The van der Waals surface area contributed by atoms with E-state index in [1.165, 1.54) is 6.42 Å². The normalized spacial score (nSPS) is 25.1. The zero-order chi connectivity index (χ0) is 12.0. The van der Waals surface area contributed by atoms with E-state index in [2.05, 4.69) is 6.92 Å². The number of hydrogen-bond acceptors (Lipinski definition) is 4. The standard InChI is InChI=1S/C12H20O4/c1-2-9-3-5-10(6-4-9)12(15)16-8-11(14)7-13/h9-10,13H,2-8H2,1H3. The van der Waals surface area contributed by atoms with E-state index in [0.29, 0.717) is 0 Å². The second-order valence-corrected chi connectivity index (χ2v) is 4.43. The molecule has 1 aliphatic carbocycles. The molecule has 0 saturated heterocycles. The summed E-state index contributed by atoms with van der Waals surface area (Å²) >= 11 is 0. The molecule has 0 aromatic rings. The number of ketones is 1. The van der Waals surface area contributed by atoms with Gasteiger partial charge in [0.2, 0.25) is 0 Å². The highest BCUT2D eigenvalue weighted by molar-refractivity contribution is 5.83. The molecule has 1 N–H and O–H groups in total. The Morgan fingerprint density at radius 1 is 1.25 bits per heavy atom. The molecule has 1 fully saturated rings. The highest BCUT2D eigenvalue weighted by atomic mass is 16.5. The summed E-state index contributed by atoms with van der Waals surface area (Å²) in [7, 11) is 0. The lowest BCUT2D eigenvalue weighted by molar-refractivity contribution is -0.153. The average molecular weight is 228 g/mol. The third-order valence-corrected chi connectivity index (χ3v) is 3.31. The van der Waals surface area contributed by atoms with Crippen molar-refractivity contribution in [2.75, 3.05) is 13.2 Å². The number of carbonyl (C=O) groups excluding carboxylic acids is 2. The first kappa shape index (κ1) is 13.2. The van der Waals surface area contributed by atoms with Crippen LogP contribution in [0.25, 0.3) is 0 Å². The van der Waals surface area contributed by atoms with Crippen molar-refractivity contribution in [3.63, 3.8) is 0 Å². The third-order valence-electron chi connectivity index (χ3n) is 3.31. The minimum Gasteiger partial charge on any atom is -0.457 e. The molecule has 0 bridgehead atoms. The number of ether oxygens (including phenoxy) is 1. The molecule has 0 spiro atoms. The summed E-state index contributed by atoms with van der Waals surface area (Å²) in [4.78, 5) is 22.3. The van der Waals surface area contributed by atoms with Crippen molar-refractivity contribution in [2.45, 2.75) is 39.0 Å². The fourth-order valence-electron chi connectivity index (χ4n) is 2.12. The third kappa shape index (κ3) is 3.93. The van der Waals surface area contributed by atoms with Gasteiger partial charge in [0.15, 0.2) is 12.4 Å². The summed E-state index contributed by atoms with van der Waals surface area (Å²) in [6.45, 7) is 1.32. The van der Waals surface area contributed by atoms with Crippen LogP contribution in [0, 0.1) is 11.8 Å². The number of carbonyl (C=O) groups is 2. The van der Waals surface area contributed by atoms with E-state index >= 15 is 0 Å². The molecular weight excluding hydrogens is 208 g/mol. The maximum absolute atomic E-state index is 11.6. The van der Waals surface area contributed by atoms with Gasteiger partial charge in [-0.05, 0) is 31.6 Å². The second kappa shape index (κ2) is 6.63. The van der Waals surface area contributed by atoms with Crippen LogP contribution in [0.15, 0.2) is 0 Å². The molecule has 0 radical (unpaired) electrons. The molecule has 0 aromatic heterocycles. The first-order valence-corrected chi connectivity index (χ1v) is 5.96. The Labute approximate surface area is 96.0 Å². The lowest BCUT2D eigenvalue weighted by Crippen LogP contribution is -2.26. The summed E-state index contributed by atoms with van der Waals surface area (Å²) in [6, 6.07) is 0. The number of esters is 1. The van der Waals surface area contributed by atoms with Gasteiger partial charge < -0.3 is 9.84 Å². The van der Waals surface area contributed by atoms with Gasteiger partial charge in [-0.3, -0.25) is 9.59 Å². The molecule has 16 heavy (non-hydrogen) atoms.